The summed E-state index contributed by atoms with van der Waals surface area (Å²) in [6, 6.07) is 10.3. The van der Waals surface area contributed by atoms with Crippen molar-refractivity contribution in [1.82, 2.24) is 10.2 Å². The Balaban J connectivity index is 2.26. The summed E-state index contributed by atoms with van der Waals surface area (Å²) in [7, 11) is 2.85. The molecule has 2 rings (SSSR count). The van der Waals surface area contributed by atoms with Crippen molar-refractivity contribution in [1.29, 1.82) is 0 Å². The minimum Gasteiger partial charge on any atom is -0.496 e. The zero-order chi connectivity index (χ0) is 21.4. The smallest absolute Gasteiger partial charge is 0.337 e. The highest BCUT2D eigenvalue weighted by atomic mass is 16.5. The van der Waals surface area contributed by atoms with Gasteiger partial charge in [-0.05, 0) is 42.9 Å². The van der Waals surface area contributed by atoms with Gasteiger partial charge < -0.3 is 25.4 Å². The van der Waals surface area contributed by atoms with Crippen molar-refractivity contribution >= 4 is 17.6 Å². The minimum absolute atomic E-state index is 0.208. The molecular weight excluding hydrogens is 370 g/mol. The Bertz CT molecular complexity index is 863. The van der Waals surface area contributed by atoms with Crippen LogP contribution in [0.2, 0.25) is 0 Å². The number of rotatable bonds is 9. The van der Waals surface area contributed by atoms with Crippen molar-refractivity contribution in [3.8, 4) is 16.9 Å². The lowest BCUT2D eigenvalue weighted by Crippen LogP contribution is -2.34. The Morgan fingerprint density at radius 1 is 1.07 bits per heavy atom. The van der Waals surface area contributed by atoms with Crippen LogP contribution < -0.4 is 15.8 Å². The van der Waals surface area contributed by atoms with E-state index in [1.54, 1.807) is 30.3 Å². The number of likely N-dealkylation sites (N-methyl/N-ethyl adjacent to an activating group) is 1. The predicted molar refractivity (Wildman–Crippen MR) is 114 cm³/mol. The van der Waals surface area contributed by atoms with Gasteiger partial charge in [0.05, 0.1) is 25.3 Å². The number of benzene rings is 2. The fourth-order valence-electron chi connectivity index (χ4n) is 3.09. The second kappa shape index (κ2) is 10.5. The molecule has 0 fully saturated rings. The molecule has 156 valence electrons. The van der Waals surface area contributed by atoms with Crippen molar-refractivity contribution in [3.63, 3.8) is 0 Å². The number of methoxy groups -OCH3 is 2. The molecule has 2 aromatic rings. The number of esters is 1. The average Bonchev–Trinajstić information content (AvgIpc) is 2.75. The molecule has 0 spiro atoms. The van der Waals surface area contributed by atoms with Gasteiger partial charge in [0, 0.05) is 24.3 Å². The second-order valence-corrected chi connectivity index (χ2v) is 6.49. The third-order valence-corrected chi connectivity index (χ3v) is 4.84. The zero-order valence-electron chi connectivity index (χ0n) is 17.5. The van der Waals surface area contributed by atoms with Gasteiger partial charge in [-0.1, -0.05) is 26.0 Å². The highest BCUT2D eigenvalue weighted by molar-refractivity contribution is 5.99. The van der Waals surface area contributed by atoms with Gasteiger partial charge in [0.15, 0.2) is 0 Å². The Kier molecular flexibility index (Phi) is 8.03. The summed E-state index contributed by atoms with van der Waals surface area (Å²) < 4.78 is 10.1. The lowest BCUT2D eigenvalue weighted by atomic mass is 9.99. The number of carbonyl (C=O) groups excluding carboxylic acids is 2. The molecule has 0 atom stereocenters. The predicted octanol–water partition coefficient (Wildman–Crippen LogP) is 2.80. The first-order valence-corrected chi connectivity index (χ1v) is 9.61. The van der Waals surface area contributed by atoms with E-state index in [1.807, 2.05) is 6.07 Å². The molecule has 3 N–H and O–H groups in total. The van der Waals surface area contributed by atoms with Crippen molar-refractivity contribution in [2.24, 2.45) is 0 Å². The molecule has 7 heteroatoms. The number of nitrogens with zero attached hydrogens (tertiary/aromatic N) is 1. The maximum Gasteiger partial charge on any atom is 0.337 e. The fourth-order valence-corrected chi connectivity index (χ4v) is 3.09. The van der Waals surface area contributed by atoms with Crippen LogP contribution in [0, 0.1) is 0 Å². The van der Waals surface area contributed by atoms with E-state index in [2.05, 4.69) is 24.1 Å². The molecule has 0 unspecified atom stereocenters. The third-order valence-electron chi connectivity index (χ3n) is 4.84. The van der Waals surface area contributed by atoms with E-state index in [0.29, 0.717) is 29.1 Å². The van der Waals surface area contributed by atoms with Gasteiger partial charge >= 0.3 is 5.97 Å². The monoisotopic (exact) mass is 399 g/mol. The number of amides is 1. The van der Waals surface area contributed by atoms with Crippen molar-refractivity contribution < 1.29 is 19.1 Å². The SMILES string of the molecule is CCN(CC)CCNC(=O)c1cc(-c2ccc(C(=O)OC)cc2N)ccc1OC. The van der Waals surface area contributed by atoms with Crippen molar-refractivity contribution in [2.75, 3.05) is 46.1 Å². The molecule has 0 saturated carbocycles. The third kappa shape index (κ3) is 5.48. The first-order valence-electron chi connectivity index (χ1n) is 9.61. The van der Waals surface area contributed by atoms with Crippen LogP contribution in [0.15, 0.2) is 36.4 Å². The van der Waals surface area contributed by atoms with E-state index < -0.39 is 5.97 Å². The van der Waals surface area contributed by atoms with E-state index in [9.17, 15) is 9.59 Å². The first-order chi connectivity index (χ1) is 13.9. The molecule has 0 saturated heterocycles. The Morgan fingerprint density at radius 2 is 1.79 bits per heavy atom. The van der Waals surface area contributed by atoms with Crippen LogP contribution in [0.1, 0.15) is 34.6 Å². The summed E-state index contributed by atoms with van der Waals surface area (Å²) >= 11 is 0. The summed E-state index contributed by atoms with van der Waals surface area (Å²) in [6.07, 6.45) is 0. The number of nitrogen functional groups attached to an aromatic ring is 1. The minimum atomic E-state index is -0.453. The number of nitrogens with two attached hydrogens (primary N) is 1. The molecule has 7 nitrogen and oxygen atoms in total. The van der Waals surface area contributed by atoms with E-state index in [0.717, 1.165) is 30.8 Å². The van der Waals surface area contributed by atoms with Gasteiger partial charge in [-0.25, -0.2) is 4.79 Å². The first kappa shape index (κ1) is 22.2. The highest BCUT2D eigenvalue weighted by Crippen LogP contribution is 2.31. The molecule has 0 aliphatic carbocycles. The summed E-state index contributed by atoms with van der Waals surface area (Å²) in [5.74, 6) is -0.175. The van der Waals surface area contributed by atoms with Gasteiger partial charge in [0.1, 0.15) is 5.75 Å². The van der Waals surface area contributed by atoms with Crippen LogP contribution >= 0.6 is 0 Å². The van der Waals surface area contributed by atoms with E-state index >= 15 is 0 Å². The van der Waals surface area contributed by atoms with Crippen LogP contribution in [-0.2, 0) is 4.74 Å². The summed E-state index contributed by atoms with van der Waals surface area (Å²) in [5.41, 5.74) is 8.85. The summed E-state index contributed by atoms with van der Waals surface area (Å²) in [6.45, 7) is 7.38. The maximum absolute atomic E-state index is 12.7. The van der Waals surface area contributed by atoms with Gasteiger partial charge in [-0.3, -0.25) is 4.79 Å². The lowest BCUT2D eigenvalue weighted by Gasteiger charge is -2.18. The van der Waals surface area contributed by atoms with Crippen LogP contribution in [-0.4, -0.2) is 57.2 Å². The van der Waals surface area contributed by atoms with Gasteiger partial charge in [-0.2, -0.15) is 0 Å². The molecule has 0 radical (unpaired) electrons. The number of hydrogen-bond donors (Lipinski definition) is 2. The Morgan fingerprint density at radius 3 is 2.38 bits per heavy atom. The largest absolute Gasteiger partial charge is 0.496 e. The molecular formula is C22H29N3O4. The Hall–Kier alpha value is -3.06. The van der Waals surface area contributed by atoms with Gasteiger partial charge in [0.25, 0.3) is 5.91 Å². The van der Waals surface area contributed by atoms with E-state index in [4.69, 9.17) is 15.2 Å². The molecule has 29 heavy (non-hydrogen) atoms. The summed E-state index contributed by atoms with van der Waals surface area (Å²) in [5, 5.41) is 2.94. The van der Waals surface area contributed by atoms with Crippen molar-refractivity contribution in [2.45, 2.75) is 13.8 Å². The summed E-state index contributed by atoms with van der Waals surface area (Å²) in [4.78, 5) is 26.6. The lowest BCUT2D eigenvalue weighted by molar-refractivity contribution is 0.0600. The number of ether oxygens (including phenoxy) is 2. The van der Waals surface area contributed by atoms with E-state index in [1.165, 1.54) is 14.2 Å². The topological polar surface area (TPSA) is 93.9 Å². The quantitative estimate of drug-likeness (QED) is 0.497. The zero-order valence-corrected chi connectivity index (χ0v) is 17.5. The van der Waals surface area contributed by atoms with Gasteiger partial charge in [-0.15, -0.1) is 0 Å². The van der Waals surface area contributed by atoms with E-state index in [-0.39, 0.29) is 5.91 Å². The fraction of sp³-hybridized carbons (Fsp3) is 0.364. The van der Waals surface area contributed by atoms with Crippen LogP contribution in [0.4, 0.5) is 5.69 Å². The highest BCUT2D eigenvalue weighted by Gasteiger charge is 2.16. The number of anilines is 1. The molecule has 2 aromatic carbocycles. The maximum atomic E-state index is 12.7. The molecule has 1 amide bonds. The molecule has 0 heterocycles. The van der Waals surface area contributed by atoms with Crippen molar-refractivity contribution in [3.05, 3.63) is 47.5 Å². The van der Waals surface area contributed by atoms with Gasteiger partial charge in [0.2, 0.25) is 0 Å². The number of hydrogen-bond acceptors (Lipinski definition) is 6. The molecule has 0 aliphatic heterocycles. The van der Waals surface area contributed by atoms with Crippen LogP contribution in [0.25, 0.3) is 11.1 Å². The Labute approximate surface area is 171 Å². The molecule has 0 bridgehead atoms. The number of carbonyl (C=O) groups is 2. The normalized spacial score (nSPS) is 10.7. The number of nitrogens with one attached hydrogen (secondary N) is 1. The van der Waals surface area contributed by atoms with Crippen LogP contribution in [0.3, 0.4) is 0 Å². The standard InChI is InChI=1S/C22H29N3O4/c1-5-25(6-2)12-11-24-21(26)18-13-15(8-10-20(18)28-3)17-9-7-16(14-19(17)23)22(27)29-4/h7-10,13-14H,5-6,11-12,23H2,1-4H3,(H,24,26). The average molecular weight is 399 g/mol. The second-order valence-electron chi connectivity index (χ2n) is 6.49. The van der Waals surface area contributed by atoms with Crippen LogP contribution in [0.5, 0.6) is 5.75 Å². The molecule has 0 aliphatic rings. The molecule has 0 aromatic heterocycles.